The molecule has 2 N–H and O–H groups in total. The van der Waals surface area contributed by atoms with E-state index in [1.165, 1.54) is 18.2 Å². The van der Waals surface area contributed by atoms with Crippen molar-refractivity contribution in [3.63, 3.8) is 0 Å². The molecule has 0 spiro atoms. The molecular formula is C25H19FN4O3. The fraction of sp³-hybridized carbons (Fsp3) is 0.0800. The van der Waals surface area contributed by atoms with Gasteiger partial charge in [0.25, 0.3) is 11.8 Å². The van der Waals surface area contributed by atoms with Crippen molar-refractivity contribution in [1.82, 2.24) is 14.9 Å². The van der Waals surface area contributed by atoms with E-state index >= 15 is 0 Å². The lowest BCUT2D eigenvalue weighted by Gasteiger charge is -2.07. The molecule has 0 aliphatic carbocycles. The number of furan rings is 1. The van der Waals surface area contributed by atoms with Crippen LogP contribution in [0.15, 0.2) is 71.7 Å². The Bertz CT molecular complexity index is 1420. The van der Waals surface area contributed by atoms with Gasteiger partial charge in [0, 0.05) is 35.6 Å². The molecule has 164 valence electrons. The zero-order valence-corrected chi connectivity index (χ0v) is 17.6. The highest BCUT2D eigenvalue weighted by atomic mass is 19.1. The predicted molar refractivity (Wildman–Crippen MR) is 121 cm³/mol. The number of fused-ring (bicyclic) bond motifs is 1. The Balaban J connectivity index is 1.36. The van der Waals surface area contributed by atoms with Gasteiger partial charge in [0.15, 0.2) is 0 Å². The first-order valence-electron chi connectivity index (χ1n) is 10.2. The maximum Gasteiger partial charge on any atom is 0.256 e. The third kappa shape index (κ3) is 4.06. The Morgan fingerprint density at radius 2 is 2.09 bits per heavy atom. The largest absolute Gasteiger partial charge is 0.464 e. The summed E-state index contributed by atoms with van der Waals surface area (Å²) in [6.07, 6.45) is 6.51. The molecule has 33 heavy (non-hydrogen) atoms. The third-order valence-electron chi connectivity index (χ3n) is 5.48. The zero-order chi connectivity index (χ0) is 22.9. The van der Waals surface area contributed by atoms with Gasteiger partial charge in [-0.05, 0) is 48.0 Å². The minimum atomic E-state index is -0.422. The van der Waals surface area contributed by atoms with Crippen molar-refractivity contribution >= 4 is 29.2 Å². The first-order valence-corrected chi connectivity index (χ1v) is 10.2. The second-order valence-electron chi connectivity index (χ2n) is 7.70. The fourth-order valence-electron chi connectivity index (χ4n) is 3.69. The molecule has 0 unspecified atom stereocenters. The number of nitrogens with zero attached hydrogens (tertiary/aromatic N) is 2. The quantitative estimate of drug-likeness (QED) is 0.453. The van der Waals surface area contributed by atoms with Crippen LogP contribution in [0.1, 0.15) is 27.4 Å². The summed E-state index contributed by atoms with van der Waals surface area (Å²) >= 11 is 0. The molecule has 0 fully saturated rings. The first kappa shape index (κ1) is 20.4. The van der Waals surface area contributed by atoms with E-state index in [9.17, 15) is 14.0 Å². The number of amides is 2. The summed E-state index contributed by atoms with van der Waals surface area (Å²) < 4.78 is 21.1. The summed E-state index contributed by atoms with van der Waals surface area (Å²) in [4.78, 5) is 29.0. The van der Waals surface area contributed by atoms with Crippen LogP contribution in [0.3, 0.4) is 0 Å². The average molecular weight is 442 g/mol. The van der Waals surface area contributed by atoms with E-state index in [1.807, 2.05) is 17.7 Å². The topological polar surface area (TPSA) is 89.2 Å². The van der Waals surface area contributed by atoms with Crippen molar-refractivity contribution < 1.29 is 18.4 Å². The van der Waals surface area contributed by atoms with E-state index in [2.05, 4.69) is 15.6 Å². The maximum absolute atomic E-state index is 13.7. The molecule has 1 aliphatic heterocycles. The Morgan fingerprint density at radius 3 is 2.91 bits per heavy atom. The van der Waals surface area contributed by atoms with E-state index in [0.717, 1.165) is 16.8 Å². The number of benzene rings is 2. The van der Waals surface area contributed by atoms with E-state index in [-0.39, 0.29) is 11.8 Å². The van der Waals surface area contributed by atoms with E-state index in [4.69, 9.17) is 4.42 Å². The molecule has 2 amide bonds. The number of aryl methyl sites for hydroxylation is 1. The van der Waals surface area contributed by atoms with Gasteiger partial charge in [-0.1, -0.05) is 12.1 Å². The van der Waals surface area contributed by atoms with Gasteiger partial charge >= 0.3 is 0 Å². The predicted octanol–water partition coefficient (Wildman–Crippen LogP) is 4.24. The number of carbonyl (C=O) groups is 2. The highest BCUT2D eigenvalue weighted by molar-refractivity contribution is 6.34. The number of nitrogens with one attached hydrogen (secondary N) is 2. The SMILES string of the molecule is Cn1cncc1CNC(=O)c1cccc(-c2coc(/C=C3/C(=O)Nc4ccc(F)cc43)c2)c1. The number of anilines is 1. The number of hydrogen-bond acceptors (Lipinski definition) is 4. The summed E-state index contributed by atoms with van der Waals surface area (Å²) in [5.74, 6) is -0.501. The number of halogens is 1. The molecule has 4 aromatic rings. The zero-order valence-electron chi connectivity index (χ0n) is 17.6. The summed E-state index contributed by atoms with van der Waals surface area (Å²) in [6, 6.07) is 13.1. The molecule has 3 heterocycles. The van der Waals surface area contributed by atoms with Gasteiger partial charge in [-0.15, -0.1) is 0 Å². The van der Waals surface area contributed by atoms with Crippen molar-refractivity contribution in [2.45, 2.75) is 6.54 Å². The number of carbonyl (C=O) groups excluding carboxylic acids is 2. The van der Waals surface area contributed by atoms with E-state index in [0.29, 0.717) is 34.7 Å². The molecule has 0 radical (unpaired) electrons. The van der Waals surface area contributed by atoms with Crippen LogP contribution in [0, 0.1) is 5.82 Å². The summed E-state index contributed by atoms with van der Waals surface area (Å²) in [7, 11) is 1.87. The van der Waals surface area contributed by atoms with Crippen LogP contribution in [0.2, 0.25) is 0 Å². The standard InChI is InChI=1S/C25H19FN4O3/c1-30-14-27-11-19(30)12-28-24(31)16-4-2-3-15(7-16)17-8-20(33-13-17)10-22-21-9-18(26)5-6-23(21)29-25(22)32/h2-11,13-14H,12H2,1H3,(H,28,31)(H,29,32)/b22-10+. The van der Waals surface area contributed by atoms with Crippen LogP contribution in [0.25, 0.3) is 22.8 Å². The Labute approximate surface area is 188 Å². The highest BCUT2D eigenvalue weighted by Gasteiger charge is 2.25. The third-order valence-corrected chi connectivity index (χ3v) is 5.48. The van der Waals surface area contributed by atoms with Crippen LogP contribution < -0.4 is 10.6 Å². The normalized spacial score (nSPS) is 13.8. The summed E-state index contributed by atoms with van der Waals surface area (Å²) in [5.41, 5.74) is 4.32. The van der Waals surface area contributed by atoms with Gasteiger partial charge < -0.3 is 19.6 Å². The minimum Gasteiger partial charge on any atom is -0.464 e. The van der Waals surface area contributed by atoms with Gasteiger partial charge in [-0.2, -0.15) is 0 Å². The first-order chi connectivity index (χ1) is 16.0. The number of imidazole rings is 1. The van der Waals surface area contributed by atoms with E-state index in [1.54, 1.807) is 49.1 Å². The van der Waals surface area contributed by atoms with Crippen LogP contribution in [0.4, 0.5) is 10.1 Å². The Morgan fingerprint density at radius 1 is 1.21 bits per heavy atom. The molecule has 0 bridgehead atoms. The van der Waals surface area contributed by atoms with Crippen LogP contribution in [0.5, 0.6) is 0 Å². The van der Waals surface area contributed by atoms with Crippen molar-refractivity contribution in [1.29, 1.82) is 0 Å². The van der Waals surface area contributed by atoms with Gasteiger partial charge in [-0.3, -0.25) is 9.59 Å². The number of hydrogen-bond donors (Lipinski definition) is 2. The maximum atomic E-state index is 13.7. The van der Waals surface area contributed by atoms with Gasteiger partial charge in [0.2, 0.25) is 0 Å². The molecule has 2 aromatic heterocycles. The smallest absolute Gasteiger partial charge is 0.256 e. The molecule has 0 saturated carbocycles. The molecule has 5 rings (SSSR count). The molecular weight excluding hydrogens is 423 g/mol. The second kappa shape index (κ2) is 8.23. The van der Waals surface area contributed by atoms with Crippen LogP contribution >= 0.6 is 0 Å². The molecule has 2 aromatic carbocycles. The fourth-order valence-corrected chi connectivity index (χ4v) is 3.69. The van der Waals surface area contributed by atoms with Crippen LogP contribution in [-0.2, 0) is 18.4 Å². The summed E-state index contributed by atoms with van der Waals surface area (Å²) in [5, 5.41) is 5.60. The lowest BCUT2D eigenvalue weighted by atomic mass is 10.0. The average Bonchev–Trinajstić information content (AvgIpc) is 3.52. The van der Waals surface area contributed by atoms with Crippen molar-refractivity contribution in [3.05, 3.63) is 95.7 Å². The lowest BCUT2D eigenvalue weighted by Crippen LogP contribution is -2.23. The number of aromatic nitrogens is 2. The lowest BCUT2D eigenvalue weighted by molar-refractivity contribution is -0.110. The molecule has 0 atom stereocenters. The van der Waals surface area contributed by atoms with Crippen molar-refractivity contribution in [3.8, 4) is 11.1 Å². The molecule has 7 nitrogen and oxygen atoms in total. The van der Waals surface area contributed by atoms with Gasteiger partial charge in [0.05, 0.1) is 30.4 Å². The molecule has 0 saturated heterocycles. The number of rotatable bonds is 5. The van der Waals surface area contributed by atoms with Gasteiger partial charge in [0.1, 0.15) is 11.6 Å². The van der Waals surface area contributed by atoms with Crippen molar-refractivity contribution in [2.75, 3.05) is 5.32 Å². The molecule has 8 heteroatoms. The Hall–Kier alpha value is -4.46. The van der Waals surface area contributed by atoms with E-state index < -0.39 is 5.82 Å². The van der Waals surface area contributed by atoms with Crippen LogP contribution in [-0.4, -0.2) is 21.4 Å². The van der Waals surface area contributed by atoms with Gasteiger partial charge in [-0.25, -0.2) is 9.37 Å². The summed E-state index contributed by atoms with van der Waals surface area (Å²) in [6.45, 7) is 0.368. The monoisotopic (exact) mass is 442 g/mol. The van der Waals surface area contributed by atoms with Crippen molar-refractivity contribution in [2.24, 2.45) is 7.05 Å². The highest BCUT2D eigenvalue weighted by Crippen LogP contribution is 2.34. The minimum absolute atomic E-state index is 0.204. The Kier molecular flexibility index (Phi) is 5.10. The second-order valence-corrected chi connectivity index (χ2v) is 7.70. The molecule has 1 aliphatic rings.